The van der Waals surface area contributed by atoms with E-state index in [1.54, 1.807) is 4.68 Å². The van der Waals surface area contributed by atoms with Crippen molar-refractivity contribution < 1.29 is 4.79 Å². The Bertz CT molecular complexity index is 572. The van der Waals surface area contributed by atoms with Crippen LogP contribution >= 0.6 is 11.8 Å². The molecule has 0 atom stereocenters. The fourth-order valence-corrected chi connectivity index (χ4v) is 5.08. The molecule has 0 bridgehead atoms. The van der Waals surface area contributed by atoms with E-state index in [2.05, 4.69) is 27.1 Å². The Balaban J connectivity index is 1.45. The third-order valence-electron chi connectivity index (χ3n) is 5.64. The van der Waals surface area contributed by atoms with Gasteiger partial charge < -0.3 is 10.2 Å². The molecular weight excluding hydrogens is 320 g/mol. The van der Waals surface area contributed by atoms with Crippen LogP contribution in [0.25, 0.3) is 0 Å². The number of piperidine rings is 1. The second kappa shape index (κ2) is 7.91. The van der Waals surface area contributed by atoms with Crippen LogP contribution in [0, 0.1) is 19.8 Å². The van der Waals surface area contributed by atoms with Crippen LogP contribution in [-0.4, -0.2) is 57.8 Å². The Kier molecular flexibility index (Phi) is 5.87. The van der Waals surface area contributed by atoms with E-state index >= 15 is 0 Å². The van der Waals surface area contributed by atoms with Crippen LogP contribution in [0.15, 0.2) is 0 Å². The molecule has 2 fully saturated rings. The van der Waals surface area contributed by atoms with E-state index in [0.717, 1.165) is 29.5 Å². The fourth-order valence-electron chi connectivity index (χ4n) is 4.00. The van der Waals surface area contributed by atoms with Gasteiger partial charge in [0.1, 0.15) is 0 Å². The largest absolute Gasteiger partial charge is 0.352 e. The highest BCUT2D eigenvalue weighted by Gasteiger charge is 2.27. The molecule has 134 valence electrons. The predicted molar refractivity (Wildman–Crippen MR) is 99.7 cm³/mol. The highest BCUT2D eigenvalue weighted by molar-refractivity contribution is 7.99. The highest BCUT2D eigenvalue weighted by atomic mass is 32.2. The average Bonchev–Trinajstić information content (AvgIpc) is 2.86. The van der Waals surface area contributed by atoms with Gasteiger partial charge in [-0.2, -0.15) is 16.9 Å². The van der Waals surface area contributed by atoms with Crippen molar-refractivity contribution in [3.05, 3.63) is 17.0 Å². The lowest BCUT2D eigenvalue weighted by Gasteiger charge is -2.39. The zero-order chi connectivity index (χ0) is 17.1. The summed E-state index contributed by atoms with van der Waals surface area (Å²) < 4.78 is 1.78. The Hall–Kier alpha value is -1.01. The van der Waals surface area contributed by atoms with Crippen molar-refractivity contribution in [1.82, 2.24) is 20.0 Å². The summed E-state index contributed by atoms with van der Waals surface area (Å²) in [6, 6.07) is 0.808. The summed E-state index contributed by atoms with van der Waals surface area (Å²) >= 11 is 2.10. The maximum Gasteiger partial charge on any atom is 0.255 e. The zero-order valence-corrected chi connectivity index (χ0v) is 16.0. The molecule has 3 rings (SSSR count). The minimum Gasteiger partial charge on any atom is -0.352 e. The van der Waals surface area contributed by atoms with Crippen molar-refractivity contribution in [2.75, 3.05) is 31.1 Å². The number of carbonyl (C=O) groups is 1. The van der Waals surface area contributed by atoms with E-state index in [1.807, 2.05) is 20.9 Å². The van der Waals surface area contributed by atoms with Gasteiger partial charge in [-0.1, -0.05) is 0 Å². The first-order valence-corrected chi connectivity index (χ1v) is 10.3. The zero-order valence-electron chi connectivity index (χ0n) is 15.2. The Labute approximate surface area is 149 Å². The molecule has 0 aromatic carbocycles. The Morgan fingerprint density at radius 1 is 1.21 bits per heavy atom. The third kappa shape index (κ3) is 3.97. The van der Waals surface area contributed by atoms with Crippen LogP contribution in [0.5, 0.6) is 0 Å². The number of thioether (sulfide) groups is 1. The molecule has 3 heterocycles. The maximum absolute atomic E-state index is 12.5. The highest BCUT2D eigenvalue weighted by Crippen LogP contribution is 2.26. The van der Waals surface area contributed by atoms with Gasteiger partial charge in [0.05, 0.1) is 11.3 Å². The molecule has 2 saturated heterocycles. The minimum atomic E-state index is 0.0323. The van der Waals surface area contributed by atoms with Crippen LogP contribution < -0.4 is 5.32 Å². The number of nitrogens with one attached hydrogen (secondary N) is 1. The molecule has 5 nitrogen and oxygen atoms in total. The van der Waals surface area contributed by atoms with E-state index in [9.17, 15) is 4.79 Å². The summed E-state index contributed by atoms with van der Waals surface area (Å²) in [5.41, 5.74) is 2.50. The van der Waals surface area contributed by atoms with Crippen molar-refractivity contribution in [2.24, 2.45) is 13.0 Å². The van der Waals surface area contributed by atoms with Crippen LogP contribution in [0.3, 0.4) is 0 Å². The number of hydrogen-bond acceptors (Lipinski definition) is 4. The number of amides is 1. The quantitative estimate of drug-likeness (QED) is 0.906. The van der Waals surface area contributed by atoms with Crippen LogP contribution in [-0.2, 0) is 7.05 Å². The van der Waals surface area contributed by atoms with Gasteiger partial charge in [0.25, 0.3) is 5.91 Å². The van der Waals surface area contributed by atoms with Crippen LogP contribution in [0.1, 0.15) is 47.4 Å². The number of rotatable bonds is 4. The maximum atomic E-state index is 12.5. The number of carbonyl (C=O) groups excluding carboxylic acids is 1. The third-order valence-corrected chi connectivity index (χ3v) is 6.69. The van der Waals surface area contributed by atoms with Crippen molar-refractivity contribution in [3.8, 4) is 0 Å². The first-order valence-electron chi connectivity index (χ1n) is 9.16. The van der Waals surface area contributed by atoms with Crippen molar-refractivity contribution >= 4 is 17.7 Å². The number of likely N-dealkylation sites (tertiary alicyclic amines) is 1. The van der Waals surface area contributed by atoms with Gasteiger partial charge in [-0.05, 0) is 70.0 Å². The summed E-state index contributed by atoms with van der Waals surface area (Å²) in [5.74, 6) is 3.29. The lowest BCUT2D eigenvalue weighted by Crippen LogP contribution is -2.45. The van der Waals surface area contributed by atoms with Crippen molar-refractivity contribution in [1.29, 1.82) is 0 Å². The Morgan fingerprint density at radius 3 is 2.46 bits per heavy atom. The molecule has 0 saturated carbocycles. The van der Waals surface area contributed by atoms with Crippen LogP contribution in [0.4, 0.5) is 0 Å². The van der Waals surface area contributed by atoms with Gasteiger partial charge in [-0.15, -0.1) is 0 Å². The Morgan fingerprint density at radius 2 is 1.88 bits per heavy atom. The van der Waals surface area contributed by atoms with Crippen molar-refractivity contribution in [2.45, 2.75) is 45.6 Å². The monoisotopic (exact) mass is 350 g/mol. The first-order chi connectivity index (χ1) is 11.6. The lowest BCUT2D eigenvalue weighted by atomic mass is 9.94. The fraction of sp³-hybridized carbons (Fsp3) is 0.778. The molecular formula is C18H30N4OS. The summed E-state index contributed by atoms with van der Waals surface area (Å²) in [4.78, 5) is 15.2. The summed E-state index contributed by atoms with van der Waals surface area (Å²) in [7, 11) is 1.89. The van der Waals surface area contributed by atoms with E-state index in [1.165, 1.54) is 50.3 Å². The summed E-state index contributed by atoms with van der Waals surface area (Å²) in [6.07, 6.45) is 5.11. The first kappa shape index (κ1) is 17.8. The predicted octanol–water partition coefficient (Wildman–Crippen LogP) is 2.37. The average molecular weight is 351 g/mol. The molecule has 1 aromatic rings. The molecule has 2 aliphatic rings. The number of hydrogen-bond donors (Lipinski definition) is 1. The van der Waals surface area contributed by atoms with E-state index < -0.39 is 0 Å². The molecule has 1 amide bonds. The minimum absolute atomic E-state index is 0.0323. The van der Waals surface area contributed by atoms with Gasteiger partial charge in [-0.25, -0.2) is 0 Å². The van der Waals surface area contributed by atoms with Gasteiger partial charge in [-0.3, -0.25) is 9.48 Å². The van der Waals surface area contributed by atoms with E-state index in [4.69, 9.17) is 0 Å². The number of nitrogens with zero attached hydrogens (tertiary/aromatic N) is 3. The standard InChI is InChI=1S/C18H30N4OS/c1-13-17(14(2)21(3)20-13)18(23)19-12-15-4-8-22(9-5-15)16-6-10-24-11-7-16/h15-16H,4-12H2,1-3H3,(H,19,23). The van der Waals surface area contributed by atoms with Gasteiger partial charge >= 0.3 is 0 Å². The summed E-state index contributed by atoms with van der Waals surface area (Å²) in [5, 5.41) is 7.48. The van der Waals surface area contributed by atoms with Gasteiger partial charge in [0, 0.05) is 25.3 Å². The van der Waals surface area contributed by atoms with Crippen molar-refractivity contribution in [3.63, 3.8) is 0 Å². The topological polar surface area (TPSA) is 50.2 Å². The molecule has 0 radical (unpaired) electrons. The molecule has 0 unspecified atom stereocenters. The number of aromatic nitrogens is 2. The molecule has 0 aliphatic carbocycles. The normalized spacial score (nSPS) is 21.1. The molecule has 0 spiro atoms. The second-order valence-electron chi connectivity index (χ2n) is 7.20. The smallest absolute Gasteiger partial charge is 0.255 e. The van der Waals surface area contributed by atoms with Gasteiger partial charge in [0.2, 0.25) is 0 Å². The second-order valence-corrected chi connectivity index (χ2v) is 8.43. The number of aryl methyl sites for hydroxylation is 2. The molecule has 1 aromatic heterocycles. The summed E-state index contributed by atoms with van der Waals surface area (Å²) in [6.45, 7) is 7.04. The van der Waals surface area contributed by atoms with Gasteiger partial charge in [0.15, 0.2) is 0 Å². The van der Waals surface area contributed by atoms with E-state index in [0.29, 0.717) is 5.92 Å². The molecule has 2 aliphatic heterocycles. The lowest BCUT2D eigenvalue weighted by molar-refractivity contribution is 0.0919. The van der Waals surface area contributed by atoms with E-state index in [-0.39, 0.29) is 5.91 Å². The molecule has 1 N–H and O–H groups in total. The molecule has 6 heteroatoms. The van der Waals surface area contributed by atoms with Crippen LogP contribution in [0.2, 0.25) is 0 Å². The SMILES string of the molecule is Cc1nn(C)c(C)c1C(=O)NCC1CCN(C2CCSCC2)CC1. The molecule has 24 heavy (non-hydrogen) atoms.